The van der Waals surface area contributed by atoms with Crippen LogP contribution in [0.3, 0.4) is 0 Å². The highest BCUT2D eigenvalue weighted by Gasteiger charge is 2.66. The molecule has 3 aromatic rings. The predicted octanol–water partition coefficient (Wildman–Crippen LogP) is 4.47. The number of anilines is 2. The van der Waals surface area contributed by atoms with Gasteiger partial charge in [0, 0.05) is 30.7 Å². The second-order valence-corrected chi connectivity index (χ2v) is 17.8. The Bertz CT molecular complexity index is 1680. The van der Waals surface area contributed by atoms with Crippen LogP contribution in [0.15, 0.2) is 66.7 Å². The largest absolute Gasteiger partial charge is 0.497 e. The highest BCUT2D eigenvalue weighted by Crippen LogP contribution is 2.60. The van der Waals surface area contributed by atoms with E-state index in [-0.39, 0.29) is 48.9 Å². The molecule has 0 aliphatic carbocycles. The van der Waals surface area contributed by atoms with Crippen LogP contribution in [-0.2, 0) is 36.0 Å². The molecule has 5 atom stereocenters. The zero-order valence-electron chi connectivity index (χ0n) is 27.7. The second kappa shape index (κ2) is 12.4. The van der Waals surface area contributed by atoms with Crippen molar-refractivity contribution in [3.05, 3.63) is 77.9 Å². The maximum absolute atomic E-state index is 14.9. The fourth-order valence-corrected chi connectivity index (χ4v) is 12.0. The highest BCUT2D eigenvalue weighted by molar-refractivity contribution is 6.91. The van der Waals surface area contributed by atoms with Crippen molar-refractivity contribution in [2.24, 2.45) is 5.92 Å². The van der Waals surface area contributed by atoms with Gasteiger partial charge in [0.15, 0.2) is 11.8 Å². The van der Waals surface area contributed by atoms with Crippen molar-refractivity contribution in [1.82, 2.24) is 0 Å². The molecule has 2 saturated heterocycles. The molecular weight excluding hydrogens is 616 g/mol. The molecular formula is C36H42N2O8Si. The maximum Gasteiger partial charge on any atom is 0.304 e. The van der Waals surface area contributed by atoms with Gasteiger partial charge in [-0.25, -0.2) is 0 Å². The predicted molar refractivity (Wildman–Crippen MR) is 180 cm³/mol. The minimum Gasteiger partial charge on any atom is -0.497 e. The first-order valence-corrected chi connectivity index (χ1v) is 19.1. The first kappa shape index (κ1) is 32.7. The summed E-state index contributed by atoms with van der Waals surface area (Å²) in [5, 5.41) is 11.4. The van der Waals surface area contributed by atoms with Gasteiger partial charge in [-0.1, -0.05) is 49.5 Å². The number of fused-ring (bicyclic) bond motifs is 2. The van der Waals surface area contributed by atoms with Crippen molar-refractivity contribution < 1.29 is 38.4 Å². The van der Waals surface area contributed by atoms with Gasteiger partial charge in [0.25, 0.3) is 5.91 Å². The summed E-state index contributed by atoms with van der Waals surface area (Å²) in [5.74, 6) is 0.508. The molecule has 1 unspecified atom stereocenters. The Morgan fingerprint density at radius 2 is 1.66 bits per heavy atom. The summed E-state index contributed by atoms with van der Waals surface area (Å²) < 4.78 is 23.3. The van der Waals surface area contributed by atoms with E-state index in [4.69, 9.17) is 18.9 Å². The first-order valence-electron chi connectivity index (χ1n) is 16.0. The fraction of sp³-hybridized carbons (Fsp3) is 0.417. The molecule has 0 radical (unpaired) electrons. The van der Waals surface area contributed by atoms with Gasteiger partial charge in [-0.3, -0.25) is 19.3 Å². The van der Waals surface area contributed by atoms with E-state index in [1.165, 1.54) is 17.0 Å². The molecule has 3 aliphatic rings. The Hall–Kier alpha value is -4.19. The third-order valence-electron chi connectivity index (χ3n) is 10.2. The number of carbonyl (C=O) groups is 3. The molecule has 3 heterocycles. The molecule has 2 fully saturated rings. The molecule has 47 heavy (non-hydrogen) atoms. The van der Waals surface area contributed by atoms with Crippen molar-refractivity contribution >= 4 is 42.4 Å². The number of esters is 1. The van der Waals surface area contributed by atoms with Gasteiger partial charge in [0.05, 0.1) is 47.1 Å². The van der Waals surface area contributed by atoms with Crippen molar-refractivity contribution in [1.29, 1.82) is 0 Å². The summed E-state index contributed by atoms with van der Waals surface area (Å²) in [7, 11) is 0.955. The van der Waals surface area contributed by atoms with E-state index >= 15 is 0 Å². The van der Waals surface area contributed by atoms with Crippen LogP contribution < -0.4 is 24.5 Å². The third kappa shape index (κ3) is 5.40. The summed E-state index contributed by atoms with van der Waals surface area (Å²) in [4.78, 5) is 41.9. The van der Waals surface area contributed by atoms with E-state index in [0.717, 1.165) is 22.6 Å². The number of carbonyl (C=O) groups excluding carboxylic acids is 3. The van der Waals surface area contributed by atoms with Crippen LogP contribution in [0.25, 0.3) is 0 Å². The number of amides is 2. The molecule has 0 aromatic heterocycles. The van der Waals surface area contributed by atoms with Crippen LogP contribution in [0.5, 0.6) is 11.5 Å². The van der Waals surface area contributed by atoms with Gasteiger partial charge in [-0.2, -0.15) is 0 Å². The van der Waals surface area contributed by atoms with Crippen LogP contribution in [0.1, 0.15) is 37.8 Å². The molecule has 0 bridgehead atoms. The number of aliphatic hydroxyl groups is 1. The molecule has 2 amide bonds. The summed E-state index contributed by atoms with van der Waals surface area (Å²) in [5.41, 5.74) is 1.77. The van der Waals surface area contributed by atoms with E-state index in [1.54, 1.807) is 31.3 Å². The summed E-state index contributed by atoms with van der Waals surface area (Å²) in [6.07, 6.45) is -0.374. The Labute approximate surface area is 276 Å². The number of nitrogens with zero attached hydrogens (tertiary/aromatic N) is 2. The summed E-state index contributed by atoms with van der Waals surface area (Å²) in [6, 6.07) is 21.2. The van der Waals surface area contributed by atoms with Crippen LogP contribution in [0, 0.1) is 5.92 Å². The number of hydrogen-bond acceptors (Lipinski definition) is 8. The Kier molecular flexibility index (Phi) is 8.66. The number of aliphatic hydroxyl groups excluding tert-OH is 1. The number of methoxy groups -OCH3 is 2. The van der Waals surface area contributed by atoms with Gasteiger partial charge >= 0.3 is 5.97 Å². The molecule has 3 aliphatic heterocycles. The standard InChI is InChI=1S/C36H42N2O8Si/c1-22-34(47(5,6)28-14-11-26(43-3)12-15-28)31(17-18-39)46-36(22)29-19-27(44-4)13-16-30(29)37(35(36)42)21-24-7-9-25(10-8-24)38-32(41)20-33(38)45-23(2)40/h7-16,19,22,31,33-34,39H,17-18,20-21H2,1-6H3/t22-,31+,33?,34-,36+/m0/s1. The van der Waals surface area contributed by atoms with Crippen molar-refractivity contribution in [3.8, 4) is 11.5 Å². The average Bonchev–Trinajstić information content (AvgIpc) is 3.47. The van der Waals surface area contributed by atoms with Crippen LogP contribution in [0.2, 0.25) is 18.6 Å². The lowest BCUT2D eigenvalue weighted by Gasteiger charge is -2.39. The monoisotopic (exact) mass is 658 g/mol. The molecule has 1 spiro atoms. The lowest BCUT2D eigenvalue weighted by molar-refractivity contribution is -0.154. The second-order valence-electron chi connectivity index (χ2n) is 13.1. The van der Waals surface area contributed by atoms with Gasteiger partial charge in [-0.05, 0) is 60.0 Å². The summed E-state index contributed by atoms with van der Waals surface area (Å²) in [6.45, 7) is 8.29. The number of rotatable bonds is 10. The lowest BCUT2D eigenvalue weighted by atomic mass is 9.82. The molecule has 0 saturated carbocycles. The van der Waals surface area contributed by atoms with Gasteiger partial charge in [0.2, 0.25) is 5.91 Å². The lowest BCUT2D eigenvalue weighted by Crippen LogP contribution is -2.54. The minimum atomic E-state index is -2.30. The Morgan fingerprint density at radius 3 is 2.26 bits per heavy atom. The van der Waals surface area contributed by atoms with Gasteiger partial charge in [0.1, 0.15) is 11.5 Å². The summed E-state index contributed by atoms with van der Waals surface area (Å²) >= 11 is 0. The van der Waals surface area contributed by atoms with Gasteiger partial charge < -0.3 is 29.0 Å². The highest BCUT2D eigenvalue weighted by atomic mass is 28.3. The van der Waals surface area contributed by atoms with E-state index in [9.17, 15) is 19.5 Å². The Morgan fingerprint density at radius 1 is 1.00 bits per heavy atom. The average molecular weight is 659 g/mol. The SMILES string of the molecule is COc1ccc([Si](C)(C)[C@@H]2[C@@H](CCO)O[C@]3(C(=O)N(Cc4ccc(N5C(=O)CC5OC(C)=O)cc4)c4ccc(OC)cc43)[C@H]2C)cc1. The quantitative estimate of drug-likeness (QED) is 0.193. The van der Waals surface area contributed by atoms with Crippen molar-refractivity contribution in [3.63, 3.8) is 0 Å². The van der Waals surface area contributed by atoms with E-state index in [2.05, 4.69) is 32.2 Å². The molecule has 1 N–H and O–H groups in total. The molecule has 6 rings (SSSR count). The van der Waals surface area contributed by atoms with E-state index in [0.29, 0.717) is 17.9 Å². The van der Waals surface area contributed by atoms with Crippen LogP contribution in [0.4, 0.5) is 11.4 Å². The normalized spacial score (nSPS) is 25.2. The van der Waals surface area contributed by atoms with E-state index in [1.807, 2.05) is 42.5 Å². The molecule has 3 aromatic carbocycles. The molecule has 11 heteroatoms. The first-order chi connectivity index (χ1) is 22.5. The smallest absolute Gasteiger partial charge is 0.304 e. The number of ether oxygens (including phenoxy) is 4. The topological polar surface area (TPSA) is 115 Å². The van der Waals surface area contributed by atoms with Crippen molar-refractivity contribution in [2.45, 2.75) is 69.8 Å². The number of hydrogen-bond donors (Lipinski definition) is 1. The zero-order valence-corrected chi connectivity index (χ0v) is 28.7. The number of β-lactam (4-membered cyclic amide) rings is 1. The minimum absolute atomic E-state index is 0.0181. The van der Waals surface area contributed by atoms with Crippen LogP contribution in [-0.4, -0.2) is 64.1 Å². The maximum atomic E-state index is 14.9. The van der Waals surface area contributed by atoms with Crippen LogP contribution >= 0.6 is 0 Å². The number of benzene rings is 3. The Balaban J connectivity index is 1.35. The molecule has 10 nitrogen and oxygen atoms in total. The third-order valence-corrected chi connectivity index (χ3v) is 14.6. The van der Waals surface area contributed by atoms with Crippen molar-refractivity contribution in [2.75, 3.05) is 30.6 Å². The van der Waals surface area contributed by atoms with E-state index < -0.39 is 25.9 Å². The zero-order chi connectivity index (χ0) is 33.7. The fourth-order valence-electron chi connectivity index (χ4n) is 7.90. The van der Waals surface area contributed by atoms with Gasteiger partial charge in [-0.15, -0.1) is 0 Å². The molecule has 248 valence electrons.